The number of nitrogens with one attached hydrogen (secondary N) is 1. The predicted octanol–water partition coefficient (Wildman–Crippen LogP) is 4.57. The first-order valence-electron chi connectivity index (χ1n) is 6.27. The van der Waals surface area contributed by atoms with Crippen molar-refractivity contribution in [1.82, 2.24) is 0 Å². The van der Waals surface area contributed by atoms with Crippen LogP contribution in [-0.2, 0) is 6.42 Å². The Morgan fingerprint density at radius 1 is 1.16 bits per heavy atom. The molecule has 0 saturated heterocycles. The second-order valence-corrected chi connectivity index (χ2v) is 5.23. The zero-order valence-electron chi connectivity index (χ0n) is 11.0. The molecule has 98 valence electrons. The number of halogens is 1. The number of carbonyl (C=O) groups excluding carboxylic acids is 1. The number of hydrogen-bond acceptors (Lipinski definition) is 1. The Bertz CT molecular complexity index is 590. The molecule has 19 heavy (non-hydrogen) atoms. The summed E-state index contributed by atoms with van der Waals surface area (Å²) in [6.07, 6.45) is 0.998. The Kier molecular flexibility index (Phi) is 4.38. The molecule has 0 spiro atoms. The van der Waals surface area contributed by atoms with E-state index in [9.17, 15) is 4.79 Å². The van der Waals surface area contributed by atoms with Crippen LogP contribution < -0.4 is 5.32 Å². The van der Waals surface area contributed by atoms with Crippen molar-refractivity contribution in [3.63, 3.8) is 0 Å². The molecule has 2 rings (SSSR count). The van der Waals surface area contributed by atoms with Gasteiger partial charge in [-0.2, -0.15) is 0 Å². The molecule has 0 aromatic heterocycles. The third-order valence-electron chi connectivity index (χ3n) is 3.06. The Labute approximate surface area is 122 Å². The summed E-state index contributed by atoms with van der Waals surface area (Å²) in [6.45, 7) is 4.08. The number of benzene rings is 2. The molecule has 3 heteroatoms. The molecule has 1 N–H and O–H groups in total. The van der Waals surface area contributed by atoms with E-state index in [0.29, 0.717) is 5.56 Å². The monoisotopic (exact) mass is 317 g/mol. The highest BCUT2D eigenvalue weighted by Gasteiger charge is 2.11. The van der Waals surface area contributed by atoms with Gasteiger partial charge >= 0.3 is 0 Å². The highest BCUT2D eigenvalue weighted by Crippen LogP contribution is 2.22. The van der Waals surface area contributed by atoms with Gasteiger partial charge in [0.25, 0.3) is 5.91 Å². The van der Waals surface area contributed by atoms with Crippen molar-refractivity contribution >= 4 is 27.5 Å². The summed E-state index contributed by atoms with van der Waals surface area (Å²) in [7, 11) is 0. The summed E-state index contributed by atoms with van der Waals surface area (Å²) in [5.74, 6) is -0.0974. The third-order valence-corrected chi connectivity index (χ3v) is 4.11. The average molecular weight is 318 g/mol. The van der Waals surface area contributed by atoms with Gasteiger partial charge in [-0.15, -0.1) is 0 Å². The van der Waals surface area contributed by atoms with E-state index >= 15 is 0 Å². The number of anilines is 1. The maximum atomic E-state index is 12.2. The Morgan fingerprint density at radius 2 is 1.84 bits per heavy atom. The molecule has 0 bridgehead atoms. The van der Waals surface area contributed by atoms with Crippen molar-refractivity contribution in [2.45, 2.75) is 20.3 Å². The zero-order valence-corrected chi connectivity index (χ0v) is 12.6. The van der Waals surface area contributed by atoms with Crippen LogP contribution in [-0.4, -0.2) is 5.91 Å². The van der Waals surface area contributed by atoms with Crippen LogP contribution in [0.3, 0.4) is 0 Å². The van der Waals surface area contributed by atoms with Crippen LogP contribution in [0.5, 0.6) is 0 Å². The maximum Gasteiger partial charge on any atom is 0.256 e. The second kappa shape index (κ2) is 6.02. The minimum atomic E-state index is -0.0974. The van der Waals surface area contributed by atoms with Crippen LogP contribution in [0.15, 0.2) is 46.9 Å². The number of amides is 1. The van der Waals surface area contributed by atoms with Crippen LogP contribution in [0.1, 0.15) is 28.4 Å². The van der Waals surface area contributed by atoms with Crippen molar-refractivity contribution in [3.05, 3.63) is 63.6 Å². The van der Waals surface area contributed by atoms with Crippen molar-refractivity contribution < 1.29 is 4.79 Å². The van der Waals surface area contributed by atoms with Gasteiger partial charge in [-0.25, -0.2) is 0 Å². The number of aryl methyl sites for hydroxylation is 2. The van der Waals surface area contributed by atoms with E-state index in [2.05, 4.69) is 28.2 Å². The van der Waals surface area contributed by atoms with Crippen LogP contribution >= 0.6 is 15.9 Å². The van der Waals surface area contributed by atoms with E-state index in [1.807, 2.05) is 49.4 Å². The summed E-state index contributed by atoms with van der Waals surface area (Å²) in [5, 5.41) is 2.91. The Hall–Kier alpha value is -1.61. The van der Waals surface area contributed by atoms with Gasteiger partial charge in [0.15, 0.2) is 0 Å². The Balaban J connectivity index is 2.18. The molecule has 2 aromatic carbocycles. The first-order chi connectivity index (χ1) is 9.11. The second-order valence-electron chi connectivity index (χ2n) is 4.44. The number of rotatable bonds is 3. The van der Waals surface area contributed by atoms with Gasteiger partial charge in [0.1, 0.15) is 0 Å². The summed E-state index contributed by atoms with van der Waals surface area (Å²) >= 11 is 3.46. The summed E-state index contributed by atoms with van der Waals surface area (Å²) in [4.78, 5) is 12.2. The van der Waals surface area contributed by atoms with Crippen molar-refractivity contribution in [3.8, 4) is 0 Å². The lowest BCUT2D eigenvalue weighted by Crippen LogP contribution is -2.12. The van der Waals surface area contributed by atoms with Gasteiger partial charge in [-0.05, 0) is 58.6 Å². The lowest BCUT2D eigenvalue weighted by Gasteiger charge is -2.09. The maximum absolute atomic E-state index is 12.2. The minimum absolute atomic E-state index is 0.0974. The average Bonchev–Trinajstić information content (AvgIpc) is 2.42. The van der Waals surface area contributed by atoms with Crippen LogP contribution in [0.25, 0.3) is 0 Å². The van der Waals surface area contributed by atoms with Gasteiger partial charge in [0.05, 0.1) is 5.56 Å². The first-order valence-corrected chi connectivity index (χ1v) is 7.06. The van der Waals surface area contributed by atoms with Crippen LogP contribution in [0.2, 0.25) is 0 Å². The molecule has 0 aliphatic carbocycles. The third kappa shape index (κ3) is 3.24. The molecule has 0 fully saturated rings. The fourth-order valence-electron chi connectivity index (χ4n) is 1.84. The van der Waals surface area contributed by atoms with E-state index in [-0.39, 0.29) is 5.91 Å². The molecule has 0 aliphatic rings. The molecular weight excluding hydrogens is 302 g/mol. The molecule has 2 nitrogen and oxygen atoms in total. The normalized spacial score (nSPS) is 10.3. The molecule has 1 amide bonds. The zero-order chi connectivity index (χ0) is 13.8. The van der Waals surface area contributed by atoms with Crippen LogP contribution in [0.4, 0.5) is 5.69 Å². The molecule has 0 radical (unpaired) electrons. The van der Waals surface area contributed by atoms with Gasteiger partial charge in [-0.3, -0.25) is 4.79 Å². The molecule has 2 aromatic rings. The van der Waals surface area contributed by atoms with E-state index in [1.165, 1.54) is 5.56 Å². The van der Waals surface area contributed by atoms with Gasteiger partial charge in [0, 0.05) is 10.2 Å². The molecule has 0 unspecified atom stereocenters. The number of hydrogen-bond donors (Lipinski definition) is 1. The Morgan fingerprint density at radius 3 is 2.47 bits per heavy atom. The molecule has 0 saturated carbocycles. The lowest BCUT2D eigenvalue weighted by atomic mass is 10.1. The predicted molar refractivity (Wildman–Crippen MR) is 82.7 cm³/mol. The molecule has 0 atom stereocenters. The fourth-order valence-corrected chi connectivity index (χ4v) is 2.29. The SMILES string of the molecule is CCc1ccc(NC(=O)c2cccc(C)c2Br)cc1. The first kappa shape index (κ1) is 13.8. The summed E-state index contributed by atoms with van der Waals surface area (Å²) < 4.78 is 0.845. The molecule has 0 heterocycles. The van der Waals surface area contributed by atoms with Crippen molar-refractivity contribution in [2.24, 2.45) is 0 Å². The van der Waals surface area contributed by atoms with E-state index in [4.69, 9.17) is 0 Å². The van der Waals surface area contributed by atoms with Gasteiger partial charge in [0.2, 0.25) is 0 Å². The molecule has 0 aliphatic heterocycles. The highest BCUT2D eigenvalue weighted by atomic mass is 79.9. The highest BCUT2D eigenvalue weighted by molar-refractivity contribution is 9.10. The lowest BCUT2D eigenvalue weighted by molar-refractivity contribution is 0.102. The number of carbonyl (C=O) groups is 1. The summed E-state index contributed by atoms with van der Waals surface area (Å²) in [5.41, 5.74) is 3.78. The largest absolute Gasteiger partial charge is 0.322 e. The van der Waals surface area contributed by atoms with E-state index in [1.54, 1.807) is 0 Å². The van der Waals surface area contributed by atoms with Crippen LogP contribution in [0, 0.1) is 6.92 Å². The smallest absolute Gasteiger partial charge is 0.256 e. The van der Waals surface area contributed by atoms with E-state index in [0.717, 1.165) is 22.1 Å². The van der Waals surface area contributed by atoms with Crippen molar-refractivity contribution in [2.75, 3.05) is 5.32 Å². The standard InChI is InChI=1S/C16H16BrNO/c1-3-12-7-9-13(10-8-12)18-16(19)14-6-4-5-11(2)15(14)17/h4-10H,3H2,1-2H3,(H,18,19). The van der Waals surface area contributed by atoms with E-state index < -0.39 is 0 Å². The summed E-state index contributed by atoms with van der Waals surface area (Å²) in [6, 6.07) is 13.6. The van der Waals surface area contributed by atoms with Gasteiger partial charge < -0.3 is 5.32 Å². The minimum Gasteiger partial charge on any atom is -0.322 e. The van der Waals surface area contributed by atoms with Crippen molar-refractivity contribution in [1.29, 1.82) is 0 Å². The topological polar surface area (TPSA) is 29.1 Å². The quantitative estimate of drug-likeness (QED) is 0.882. The molecular formula is C16H16BrNO. The fraction of sp³-hybridized carbons (Fsp3) is 0.188. The van der Waals surface area contributed by atoms with Gasteiger partial charge in [-0.1, -0.05) is 31.2 Å².